The second-order valence-corrected chi connectivity index (χ2v) is 6.56. The van der Waals surface area contributed by atoms with E-state index >= 15 is 0 Å². The van der Waals surface area contributed by atoms with Gasteiger partial charge < -0.3 is 4.55 Å². The van der Waals surface area contributed by atoms with Crippen LogP contribution in [0.5, 0.6) is 0 Å². The van der Waals surface area contributed by atoms with Crippen molar-refractivity contribution in [3.8, 4) is 0 Å². The molecule has 0 heterocycles. The first kappa shape index (κ1) is 14.8. The van der Waals surface area contributed by atoms with Crippen LogP contribution in [-0.4, -0.2) is 10.8 Å². The molecule has 0 aliphatic carbocycles. The summed E-state index contributed by atoms with van der Waals surface area (Å²) in [5.41, 5.74) is 2.07. The standard InChI is InChI=1S/C17H19NOS/c1-14-9-11-16(12-10-14)20(19)18-13-17(2,3)15-7-5-4-6-8-15/h4-13H,1-3H3. The fourth-order valence-electron chi connectivity index (χ4n) is 1.84. The van der Waals surface area contributed by atoms with E-state index in [2.05, 4.69) is 30.4 Å². The summed E-state index contributed by atoms with van der Waals surface area (Å²) in [7, 11) is 0. The molecule has 0 N–H and O–H groups in total. The second kappa shape index (κ2) is 6.25. The molecule has 0 fully saturated rings. The zero-order chi connectivity index (χ0) is 14.6. The van der Waals surface area contributed by atoms with E-state index in [0.29, 0.717) is 0 Å². The van der Waals surface area contributed by atoms with Gasteiger partial charge in [-0.25, -0.2) is 0 Å². The van der Waals surface area contributed by atoms with Gasteiger partial charge in [-0.3, -0.25) is 0 Å². The summed E-state index contributed by atoms with van der Waals surface area (Å²) < 4.78 is 16.4. The first-order valence-electron chi connectivity index (χ1n) is 6.58. The average Bonchev–Trinajstić information content (AvgIpc) is 2.46. The topological polar surface area (TPSA) is 35.4 Å². The molecule has 3 heteroatoms. The van der Waals surface area contributed by atoms with Crippen LogP contribution < -0.4 is 0 Å². The van der Waals surface area contributed by atoms with Gasteiger partial charge in [0.15, 0.2) is 4.90 Å². The predicted molar refractivity (Wildman–Crippen MR) is 85.5 cm³/mol. The fraction of sp³-hybridized carbons (Fsp3) is 0.235. The number of benzene rings is 2. The van der Waals surface area contributed by atoms with E-state index < -0.39 is 11.4 Å². The van der Waals surface area contributed by atoms with Crippen LogP contribution >= 0.6 is 0 Å². The molecular weight excluding hydrogens is 266 g/mol. The number of nitrogens with zero attached hydrogens (tertiary/aromatic N) is 1. The molecule has 0 aliphatic rings. The van der Waals surface area contributed by atoms with Crippen molar-refractivity contribution in [1.82, 2.24) is 0 Å². The van der Waals surface area contributed by atoms with Crippen LogP contribution in [0.25, 0.3) is 0 Å². The van der Waals surface area contributed by atoms with Gasteiger partial charge in [0, 0.05) is 5.41 Å². The van der Waals surface area contributed by atoms with Crippen LogP contribution in [0.3, 0.4) is 0 Å². The molecular formula is C17H19NOS. The van der Waals surface area contributed by atoms with Crippen molar-refractivity contribution >= 4 is 17.6 Å². The van der Waals surface area contributed by atoms with Crippen LogP contribution in [0.1, 0.15) is 25.0 Å². The zero-order valence-corrected chi connectivity index (χ0v) is 12.9. The highest BCUT2D eigenvalue weighted by Crippen LogP contribution is 2.22. The van der Waals surface area contributed by atoms with Gasteiger partial charge in [-0.2, -0.15) is 0 Å². The van der Waals surface area contributed by atoms with Gasteiger partial charge in [0.1, 0.15) is 11.4 Å². The van der Waals surface area contributed by atoms with Gasteiger partial charge >= 0.3 is 0 Å². The molecule has 20 heavy (non-hydrogen) atoms. The Kier molecular flexibility index (Phi) is 4.63. The average molecular weight is 285 g/mol. The number of hydrogen-bond donors (Lipinski definition) is 0. The van der Waals surface area contributed by atoms with Crippen molar-refractivity contribution in [1.29, 1.82) is 0 Å². The third kappa shape index (κ3) is 3.71. The van der Waals surface area contributed by atoms with Crippen LogP contribution in [0.15, 0.2) is 63.9 Å². The van der Waals surface area contributed by atoms with Gasteiger partial charge in [0.25, 0.3) is 0 Å². The van der Waals surface area contributed by atoms with E-state index in [1.54, 1.807) is 6.21 Å². The van der Waals surface area contributed by atoms with Crippen molar-refractivity contribution in [3.63, 3.8) is 0 Å². The summed E-state index contributed by atoms with van der Waals surface area (Å²) in [5, 5.41) is 0. The molecule has 0 spiro atoms. The third-order valence-corrected chi connectivity index (χ3v) is 4.18. The van der Waals surface area contributed by atoms with E-state index in [9.17, 15) is 4.55 Å². The van der Waals surface area contributed by atoms with Gasteiger partial charge in [0.2, 0.25) is 0 Å². The lowest BCUT2D eigenvalue weighted by Gasteiger charge is -2.19. The van der Waals surface area contributed by atoms with Gasteiger partial charge in [-0.1, -0.05) is 66.3 Å². The molecule has 2 aromatic carbocycles. The molecule has 0 aliphatic heterocycles. The molecule has 0 saturated heterocycles. The lowest BCUT2D eigenvalue weighted by molar-refractivity contribution is 0.596. The van der Waals surface area contributed by atoms with Crippen molar-refractivity contribution in [2.45, 2.75) is 31.1 Å². The van der Waals surface area contributed by atoms with E-state index in [4.69, 9.17) is 0 Å². The lowest BCUT2D eigenvalue weighted by Crippen LogP contribution is -2.19. The highest BCUT2D eigenvalue weighted by atomic mass is 32.2. The van der Waals surface area contributed by atoms with Crippen LogP contribution in [0.2, 0.25) is 0 Å². The van der Waals surface area contributed by atoms with Crippen LogP contribution in [0, 0.1) is 6.92 Å². The minimum Gasteiger partial charge on any atom is -0.586 e. The van der Waals surface area contributed by atoms with Crippen molar-refractivity contribution in [3.05, 3.63) is 65.7 Å². The number of hydrogen-bond acceptors (Lipinski definition) is 2. The molecule has 1 unspecified atom stereocenters. The van der Waals surface area contributed by atoms with E-state index in [-0.39, 0.29) is 5.41 Å². The van der Waals surface area contributed by atoms with E-state index in [1.807, 2.05) is 49.4 Å². The Bertz CT molecular complexity index is 576. The molecule has 2 rings (SSSR count). The Labute approximate surface area is 123 Å². The highest BCUT2D eigenvalue weighted by molar-refractivity contribution is 7.90. The first-order valence-corrected chi connectivity index (χ1v) is 7.69. The maximum absolute atomic E-state index is 12.1. The Hall–Kier alpha value is -1.58. The highest BCUT2D eigenvalue weighted by Gasteiger charge is 2.20. The smallest absolute Gasteiger partial charge is 0.182 e. The molecule has 2 nitrogen and oxygen atoms in total. The van der Waals surface area contributed by atoms with Gasteiger partial charge in [0.05, 0.1) is 6.21 Å². The normalized spacial score (nSPS) is 13.6. The largest absolute Gasteiger partial charge is 0.586 e. The minimum absolute atomic E-state index is 0.235. The van der Waals surface area contributed by atoms with Crippen molar-refractivity contribution in [2.75, 3.05) is 0 Å². The van der Waals surface area contributed by atoms with Crippen LogP contribution in [0.4, 0.5) is 0 Å². The fourth-order valence-corrected chi connectivity index (χ4v) is 2.69. The number of rotatable bonds is 4. The summed E-state index contributed by atoms with van der Waals surface area (Å²) in [6.45, 7) is 6.14. The lowest BCUT2D eigenvalue weighted by atomic mass is 9.86. The summed E-state index contributed by atoms with van der Waals surface area (Å²) in [6.07, 6.45) is 1.78. The molecule has 0 radical (unpaired) electrons. The van der Waals surface area contributed by atoms with Crippen LogP contribution in [-0.2, 0) is 16.8 Å². The molecule has 1 atom stereocenters. The molecule has 0 saturated carbocycles. The molecule has 2 aromatic rings. The molecule has 104 valence electrons. The monoisotopic (exact) mass is 285 g/mol. The summed E-state index contributed by atoms with van der Waals surface area (Å²) in [5.74, 6) is 0. The van der Waals surface area contributed by atoms with Gasteiger partial charge in [-0.15, -0.1) is 0 Å². The Balaban J connectivity index is 2.14. The second-order valence-electron chi connectivity index (χ2n) is 5.38. The Morgan fingerprint density at radius 2 is 1.60 bits per heavy atom. The Morgan fingerprint density at radius 3 is 2.20 bits per heavy atom. The van der Waals surface area contributed by atoms with E-state index in [0.717, 1.165) is 16.0 Å². The molecule has 0 bridgehead atoms. The van der Waals surface area contributed by atoms with Gasteiger partial charge in [-0.05, 0) is 24.6 Å². The quantitative estimate of drug-likeness (QED) is 0.616. The Morgan fingerprint density at radius 1 is 1.00 bits per heavy atom. The molecule has 0 amide bonds. The third-order valence-electron chi connectivity index (χ3n) is 3.21. The molecule has 0 aromatic heterocycles. The predicted octanol–water partition coefficient (Wildman–Crippen LogP) is 4.07. The minimum atomic E-state index is -1.34. The summed E-state index contributed by atoms with van der Waals surface area (Å²) in [6, 6.07) is 17.7. The van der Waals surface area contributed by atoms with Crippen molar-refractivity contribution in [2.24, 2.45) is 4.40 Å². The zero-order valence-electron chi connectivity index (χ0n) is 12.0. The summed E-state index contributed by atoms with van der Waals surface area (Å²) in [4.78, 5) is 0.732. The number of aryl methyl sites for hydroxylation is 1. The summed E-state index contributed by atoms with van der Waals surface area (Å²) >= 11 is -1.34. The maximum atomic E-state index is 12.1. The SMILES string of the molecule is Cc1ccc([S+]([O-])N=CC(C)(C)c2ccccc2)cc1. The first-order chi connectivity index (χ1) is 9.49. The maximum Gasteiger partial charge on any atom is 0.182 e. The van der Waals surface area contributed by atoms with E-state index in [1.165, 1.54) is 0 Å². The van der Waals surface area contributed by atoms with Crippen molar-refractivity contribution < 1.29 is 4.55 Å².